The molecule has 1 aromatic carbocycles. The van der Waals surface area contributed by atoms with Crippen LogP contribution in [0.15, 0.2) is 41.6 Å². The van der Waals surface area contributed by atoms with Crippen LogP contribution in [0.25, 0.3) is 0 Å². The molecule has 1 atom stereocenters. The number of aromatic nitrogens is 3. The molecule has 3 N–H and O–H groups in total. The maximum atomic E-state index is 12.2. The van der Waals surface area contributed by atoms with Crippen LogP contribution in [0.1, 0.15) is 24.9 Å². The van der Waals surface area contributed by atoms with E-state index >= 15 is 0 Å². The molecule has 1 aromatic heterocycles. The molecular formula is C13H19N5O2S. The standard InChI is InChI=1S/C13H19N5O2S/c1-2-13(14)11-4-3-5-12(10-11)21(19,20)16-7-9-18-8-6-15-17-18/h3-6,8,10,13,16H,2,7,9,14H2,1H3. The molecule has 2 rings (SSSR count). The predicted octanol–water partition coefficient (Wildman–Crippen LogP) is 0.666. The highest BCUT2D eigenvalue weighted by molar-refractivity contribution is 7.89. The Hall–Kier alpha value is -1.77. The first kappa shape index (κ1) is 15.6. The average Bonchev–Trinajstić information content (AvgIpc) is 2.99. The van der Waals surface area contributed by atoms with E-state index < -0.39 is 10.0 Å². The highest BCUT2D eigenvalue weighted by Crippen LogP contribution is 2.18. The third-order valence-corrected chi connectivity index (χ3v) is 4.60. The molecule has 0 amide bonds. The van der Waals surface area contributed by atoms with Crippen molar-refractivity contribution in [3.05, 3.63) is 42.2 Å². The first-order valence-corrected chi connectivity index (χ1v) is 8.20. The van der Waals surface area contributed by atoms with E-state index in [0.29, 0.717) is 6.54 Å². The first-order chi connectivity index (χ1) is 10.0. The van der Waals surface area contributed by atoms with Gasteiger partial charge in [0.15, 0.2) is 0 Å². The summed E-state index contributed by atoms with van der Waals surface area (Å²) < 4.78 is 28.6. The van der Waals surface area contributed by atoms with Crippen LogP contribution in [-0.4, -0.2) is 30.0 Å². The van der Waals surface area contributed by atoms with E-state index in [-0.39, 0.29) is 17.5 Å². The van der Waals surface area contributed by atoms with Gasteiger partial charge in [-0.1, -0.05) is 24.3 Å². The third kappa shape index (κ3) is 4.10. The van der Waals surface area contributed by atoms with Gasteiger partial charge in [0.1, 0.15) is 0 Å². The average molecular weight is 309 g/mol. The third-order valence-electron chi connectivity index (χ3n) is 3.14. The quantitative estimate of drug-likeness (QED) is 0.782. The second-order valence-electron chi connectivity index (χ2n) is 4.65. The SMILES string of the molecule is CCC(N)c1cccc(S(=O)(=O)NCCn2ccnn2)c1. The second-order valence-corrected chi connectivity index (χ2v) is 6.42. The summed E-state index contributed by atoms with van der Waals surface area (Å²) in [5, 5.41) is 7.43. The molecule has 0 fully saturated rings. The van der Waals surface area contributed by atoms with Gasteiger partial charge in [-0.15, -0.1) is 5.10 Å². The lowest BCUT2D eigenvalue weighted by Crippen LogP contribution is -2.27. The lowest BCUT2D eigenvalue weighted by Gasteiger charge is -2.12. The zero-order valence-corrected chi connectivity index (χ0v) is 12.6. The van der Waals surface area contributed by atoms with Crippen molar-refractivity contribution in [3.63, 3.8) is 0 Å². The molecule has 114 valence electrons. The lowest BCUT2D eigenvalue weighted by molar-refractivity contribution is 0.552. The molecule has 2 aromatic rings. The summed E-state index contributed by atoms with van der Waals surface area (Å²) in [7, 11) is -3.54. The van der Waals surface area contributed by atoms with Crippen molar-refractivity contribution in [2.45, 2.75) is 30.8 Å². The van der Waals surface area contributed by atoms with Crippen LogP contribution < -0.4 is 10.5 Å². The lowest BCUT2D eigenvalue weighted by atomic mass is 10.1. The number of nitrogens with one attached hydrogen (secondary N) is 1. The maximum absolute atomic E-state index is 12.2. The minimum Gasteiger partial charge on any atom is -0.324 e. The van der Waals surface area contributed by atoms with Crippen LogP contribution in [-0.2, 0) is 16.6 Å². The van der Waals surface area contributed by atoms with Gasteiger partial charge in [0.05, 0.1) is 17.6 Å². The highest BCUT2D eigenvalue weighted by Gasteiger charge is 2.15. The van der Waals surface area contributed by atoms with Crippen molar-refractivity contribution in [2.24, 2.45) is 5.73 Å². The van der Waals surface area contributed by atoms with E-state index in [9.17, 15) is 8.42 Å². The Kier molecular flexibility index (Phi) is 5.05. The van der Waals surface area contributed by atoms with Gasteiger partial charge in [0.25, 0.3) is 0 Å². The molecule has 1 heterocycles. The van der Waals surface area contributed by atoms with E-state index in [1.807, 2.05) is 13.0 Å². The zero-order chi connectivity index (χ0) is 15.3. The summed E-state index contributed by atoms with van der Waals surface area (Å²) in [6.45, 7) is 2.63. The van der Waals surface area contributed by atoms with Crippen molar-refractivity contribution in [3.8, 4) is 0 Å². The van der Waals surface area contributed by atoms with Crippen LogP contribution in [0.2, 0.25) is 0 Å². The molecule has 0 aliphatic heterocycles. The number of nitrogens with two attached hydrogens (primary N) is 1. The summed E-state index contributed by atoms with van der Waals surface area (Å²) in [4.78, 5) is 0.225. The summed E-state index contributed by atoms with van der Waals surface area (Å²) in [5.74, 6) is 0. The first-order valence-electron chi connectivity index (χ1n) is 6.72. The summed E-state index contributed by atoms with van der Waals surface area (Å²) in [6, 6.07) is 6.56. The van der Waals surface area contributed by atoms with E-state index in [1.54, 1.807) is 35.3 Å². The highest BCUT2D eigenvalue weighted by atomic mass is 32.2. The van der Waals surface area contributed by atoms with Gasteiger partial charge in [0.2, 0.25) is 10.0 Å². The zero-order valence-electron chi connectivity index (χ0n) is 11.8. The van der Waals surface area contributed by atoms with Gasteiger partial charge < -0.3 is 5.73 Å². The van der Waals surface area contributed by atoms with E-state index in [0.717, 1.165) is 12.0 Å². The summed E-state index contributed by atoms with van der Waals surface area (Å²) >= 11 is 0. The van der Waals surface area contributed by atoms with Crippen LogP contribution in [0.3, 0.4) is 0 Å². The molecule has 8 heteroatoms. The smallest absolute Gasteiger partial charge is 0.240 e. The van der Waals surface area contributed by atoms with Crippen LogP contribution >= 0.6 is 0 Å². The Balaban J connectivity index is 2.05. The van der Waals surface area contributed by atoms with Crippen molar-refractivity contribution >= 4 is 10.0 Å². The van der Waals surface area contributed by atoms with Crippen molar-refractivity contribution in [1.29, 1.82) is 0 Å². The van der Waals surface area contributed by atoms with E-state index in [1.165, 1.54) is 0 Å². The van der Waals surface area contributed by atoms with Crippen LogP contribution in [0.4, 0.5) is 0 Å². The minimum absolute atomic E-state index is 0.157. The molecule has 0 bridgehead atoms. The number of hydrogen-bond acceptors (Lipinski definition) is 5. The number of sulfonamides is 1. The van der Waals surface area contributed by atoms with Crippen LogP contribution in [0.5, 0.6) is 0 Å². The summed E-state index contributed by atoms with van der Waals surface area (Å²) in [6.07, 6.45) is 3.97. The van der Waals surface area contributed by atoms with Gasteiger partial charge in [-0.2, -0.15) is 0 Å². The Bertz CT molecular complexity index is 670. The molecule has 0 aliphatic carbocycles. The Labute approximate surface area is 124 Å². The monoisotopic (exact) mass is 309 g/mol. The van der Waals surface area contributed by atoms with Gasteiger partial charge in [-0.3, -0.25) is 4.68 Å². The molecule has 0 saturated carbocycles. The molecule has 7 nitrogen and oxygen atoms in total. The molecule has 0 saturated heterocycles. The molecular weight excluding hydrogens is 290 g/mol. The Morgan fingerprint density at radius 1 is 1.43 bits per heavy atom. The number of benzene rings is 1. The van der Waals surface area contributed by atoms with Gasteiger partial charge in [0, 0.05) is 18.8 Å². The minimum atomic E-state index is -3.54. The Morgan fingerprint density at radius 2 is 2.24 bits per heavy atom. The molecule has 1 unspecified atom stereocenters. The van der Waals surface area contributed by atoms with E-state index in [4.69, 9.17) is 5.73 Å². The molecule has 0 aliphatic rings. The summed E-state index contributed by atoms with van der Waals surface area (Å²) in [5.41, 5.74) is 6.75. The fourth-order valence-corrected chi connectivity index (χ4v) is 2.95. The molecule has 0 spiro atoms. The van der Waals surface area contributed by atoms with Gasteiger partial charge in [-0.05, 0) is 24.1 Å². The van der Waals surface area contributed by atoms with Crippen molar-refractivity contribution in [2.75, 3.05) is 6.54 Å². The number of hydrogen-bond donors (Lipinski definition) is 2. The predicted molar refractivity (Wildman–Crippen MR) is 78.9 cm³/mol. The maximum Gasteiger partial charge on any atom is 0.240 e. The van der Waals surface area contributed by atoms with Crippen LogP contribution in [0, 0.1) is 0 Å². The largest absolute Gasteiger partial charge is 0.324 e. The van der Waals surface area contributed by atoms with E-state index in [2.05, 4.69) is 15.0 Å². The fraction of sp³-hybridized carbons (Fsp3) is 0.385. The Morgan fingerprint density at radius 3 is 2.90 bits per heavy atom. The van der Waals surface area contributed by atoms with Crippen molar-refractivity contribution in [1.82, 2.24) is 19.7 Å². The normalized spacial score (nSPS) is 13.2. The second kappa shape index (κ2) is 6.79. The van der Waals surface area contributed by atoms with Gasteiger partial charge in [-0.25, -0.2) is 13.1 Å². The number of nitrogens with zero attached hydrogens (tertiary/aromatic N) is 3. The van der Waals surface area contributed by atoms with Gasteiger partial charge >= 0.3 is 0 Å². The topological polar surface area (TPSA) is 103 Å². The molecule has 21 heavy (non-hydrogen) atoms. The van der Waals surface area contributed by atoms with Crippen molar-refractivity contribution < 1.29 is 8.42 Å². The fourth-order valence-electron chi connectivity index (χ4n) is 1.88. The molecule has 0 radical (unpaired) electrons. The number of rotatable bonds is 7.